The highest BCUT2D eigenvalue weighted by Crippen LogP contribution is 2.32. The number of fused-ring (bicyclic) bond motifs is 1. The van der Waals surface area contributed by atoms with Gasteiger partial charge in [0, 0.05) is 42.8 Å². The van der Waals surface area contributed by atoms with Crippen LogP contribution < -0.4 is 10.6 Å². The van der Waals surface area contributed by atoms with Gasteiger partial charge in [0.1, 0.15) is 11.3 Å². The highest BCUT2D eigenvalue weighted by molar-refractivity contribution is 5.92. The smallest absolute Gasteiger partial charge is 0.217 e. The standard InChI is InChI=1S/C17H19F2N3O/c18-12-8-13-15(5-6-21-17(13)14(19)9-12)22-7-1-2-11(10-22)3-4-16(20)23/h5-6,8-9,11H,1-4,7,10H2,(H2,20,23). The van der Waals surface area contributed by atoms with Crippen LogP contribution in [0.2, 0.25) is 0 Å². The van der Waals surface area contributed by atoms with Crippen LogP contribution in [-0.4, -0.2) is 24.0 Å². The predicted octanol–water partition coefficient (Wildman–Crippen LogP) is 2.99. The molecule has 0 radical (unpaired) electrons. The van der Waals surface area contributed by atoms with Gasteiger partial charge in [0.25, 0.3) is 0 Å². The summed E-state index contributed by atoms with van der Waals surface area (Å²) < 4.78 is 27.5. The molecule has 1 aromatic heterocycles. The Morgan fingerprint density at radius 2 is 2.22 bits per heavy atom. The summed E-state index contributed by atoms with van der Waals surface area (Å²) in [5, 5.41) is 0.487. The van der Waals surface area contributed by atoms with Crippen molar-refractivity contribution in [3.05, 3.63) is 36.0 Å². The van der Waals surface area contributed by atoms with Crippen LogP contribution in [0.25, 0.3) is 10.9 Å². The fourth-order valence-corrected chi connectivity index (χ4v) is 3.31. The molecule has 1 unspecified atom stereocenters. The number of hydrogen-bond acceptors (Lipinski definition) is 3. The van der Waals surface area contributed by atoms with Gasteiger partial charge >= 0.3 is 0 Å². The molecular formula is C17H19F2N3O. The second kappa shape index (κ2) is 6.48. The largest absolute Gasteiger partial charge is 0.371 e. The number of benzene rings is 1. The van der Waals surface area contributed by atoms with Crippen molar-refractivity contribution in [3.8, 4) is 0 Å². The van der Waals surface area contributed by atoms with E-state index in [4.69, 9.17) is 5.73 Å². The van der Waals surface area contributed by atoms with Crippen LogP contribution in [0, 0.1) is 17.6 Å². The molecule has 1 atom stereocenters. The predicted molar refractivity (Wildman–Crippen MR) is 85.0 cm³/mol. The van der Waals surface area contributed by atoms with Gasteiger partial charge in [-0.3, -0.25) is 9.78 Å². The molecule has 0 spiro atoms. The maximum Gasteiger partial charge on any atom is 0.217 e. The number of piperidine rings is 1. The summed E-state index contributed by atoms with van der Waals surface area (Å²) in [6.45, 7) is 1.58. The number of carbonyl (C=O) groups excluding carboxylic acids is 1. The fourth-order valence-electron chi connectivity index (χ4n) is 3.31. The van der Waals surface area contributed by atoms with Gasteiger partial charge in [0.05, 0.1) is 0 Å². The van der Waals surface area contributed by atoms with Crippen molar-refractivity contribution in [1.82, 2.24) is 4.98 Å². The van der Waals surface area contributed by atoms with E-state index in [1.807, 2.05) is 0 Å². The third-order valence-corrected chi connectivity index (χ3v) is 4.40. The summed E-state index contributed by atoms with van der Waals surface area (Å²) in [6.07, 6.45) is 4.68. The molecule has 1 amide bonds. The van der Waals surface area contributed by atoms with Crippen LogP contribution in [0.1, 0.15) is 25.7 Å². The van der Waals surface area contributed by atoms with Crippen molar-refractivity contribution in [2.45, 2.75) is 25.7 Å². The van der Waals surface area contributed by atoms with Gasteiger partial charge in [-0.05, 0) is 37.3 Å². The van der Waals surface area contributed by atoms with Gasteiger partial charge in [0.15, 0.2) is 5.82 Å². The maximum atomic E-state index is 13.9. The number of amides is 1. The van der Waals surface area contributed by atoms with E-state index < -0.39 is 11.6 Å². The molecule has 122 valence electrons. The van der Waals surface area contributed by atoms with Crippen molar-refractivity contribution in [1.29, 1.82) is 0 Å². The Balaban J connectivity index is 1.89. The van der Waals surface area contributed by atoms with Gasteiger partial charge in [0.2, 0.25) is 5.91 Å². The average molecular weight is 319 g/mol. The summed E-state index contributed by atoms with van der Waals surface area (Å²) in [4.78, 5) is 17.1. The van der Waals surface area contributed by atoms with Gasteiger partial charge in [-0.1, -0.05) is 0 Å². The van der Waals surface area contributed by atoms with E-state index in [9.17, 15) is 13.6 Å². The summed E-state index contributed by atoms with van der Waals surface area (Å²) >= 11 is 0. The molecule has 2 aromatic rings. The average Bonchev–Trinajstić information content (AvgIpc) is 2.52. The number of carbonyl (C=O) groups is 1. The van der Waals surface area contributed by atoms with Crippen molar-refractivity contribution in [2.24, 2.45) is 11.7 Å². The number of nitrogens with two attached hydrogens (primary N) is 1. The first-order chi connectivity index (χ1) is 11.0. The first-order valence-corrected chi connectivity index (χ1v) is 7.81. The van der Waals surface area contributed by atoms with Crippen LogP contribution in [0.15, 0.2) is 24.4 Å². The summed E-state index contributed by atoms with van der Waals surface area (Å²) in [5.41, 5.74) is 6.19. The molecule has 0 bridgehead atoms. The van der Waals surface area contributed by atoms with Gasteiger partial charge in [-0.15, -0.1) is 0 Å². The van der Waals surface area contributed by atoms with E-state index in [-0.39, 0.29) is 11.4 Å². The Hall–Kier alpha value is -2.24. The molecule has 2 N–H and O–H groups in total. The zero-order valence-corrected chi connectivity index (χ0v) is 12.8. The molecule has 1 saturated heterocycles. The Bertz CT molecular complexity index is 735. The van der Waals surface area contributed by atoms with E-state index in [0.29, 0.717) is 17.7 Å². The lowest BCUT2D eigenvalue weighted by molar-refractivity contribution is -0.118. The number of hydrogen-bond donors (Lipinski definition) is 1. The number of primary amides is 1. The minimum Gasteiger partial charge on any atom is -0.371 e. The van der Waals surface area contributed by atoms with Crippen LogP contribution in [0.4, 0.5) is 14.5 Å². The van der Waals surface area contributed by atoms with Crippen molar-refractivity contribution >= 4 is 22.5 Å². The molecular weight excluding hydrogens is 300 g/mol. The summed E-state index contributed by atoms with van der Waals surface area (Å²) in [6, 6.07) is 3.97. The lowest BCUT2D eigenvalue weighted by Crippen LogP contribution is -2.36. The third kappa shape index (κ3) is 3.41. The van der Waals surface area contributed by atoms with Gasteiger partial charge < -0.3 is 10.6 Å². The van der Waals surface area contributed by atoms with Gasteiger partial charge in [-0.25, -0.2) is 8.78 Å². The molecule has 6 heteroatoms. The lowest BCUT2D eigenvalue weighted by Gasteiger charge is -2.35. The monoisotopic (exact) mass is 319 g/mol. The SMILES string of the molecule is NC(=O)CCC1CCCN(c2ccnc3c(F)cc(F)cc23)C1. The minimum atomic E-state index is -0.649. The van der Waals surface area contributed by atoms with E-state index in [1.165, 1.54) is 6.07 Å². The lowest BCUT2D eigenvalue weighted by atomic mass is 9.92. The first kappa shape index (κ1) is 15.6. The Morgan fingerprint density at radius 3 is 3.00 bits per heavy atom. The molecule has 4 nitrogen and oxygen atoms in total. The Kier molecular flexibility index (Phi) is 4.41. The number of aromatic nitrogens is 1. The zero-order chi connectivity index (χ0) is 16.4. The van der Waals surface area contributed by atoms with Crippen LogP contribution in [0.5, 0.6) is 0 Å². The molecule has 1 aliphatic rings. The van der Waals surface area contributed by atoms with E-state index in [2.05, 4.69) is 9.88 Å². The summed E-state index contributed by atoms with van der Waals surface area (Å²) in [7, 11) is 0. The number of rotatable bonds is 4. The van der Waals surface area contributed by atoms with Crippen molar-refractivity contribution in [3.63, 3.8) is 0 Å². The van der Waals surface area contributed by atoms with Crippen molar-refractivity contribution in [2.75, 3.05) is 18.0 Å². The molecule has 1 fully saturated rings. The fraction of sp³-hybridized carbons (Fsp3) is 0.412. The number of anilines is 1. The number of halogens is 2. The second-order valence-electron chi connectivity index (χ2n) is 6.07. The highest BCUT2D eigenvalue weighted by atomic mass is 19.1. The minimum absolute atomic E-state index is 0.183. The van der Waals surface area contributed by atoms with E-state index >= 15 is 0 Å². The Morgan fingerprint density at radius 1 is 1.39 bits per heavy atom. The zero-order valence-electron chi connectivity index (χ0n) is 12.8. The van der Waals surface area contributed by atoms with Crippen LogP contribution in [-0.2, 0) is 4.79 Å². The highest BCUT2D eigenvalue weighted by Gasteiger charge is 2.22. The van der Waals surface area contributed by atoms with Crippen LogP contribution >= 0.6 is 0 Å². The summed E-state index contributed by atoms with van der Waals surface area (Å²) in [5.74, 6) is -1.19. The number of pyridine rings is 1. The van der Waals surface area contributed by atoms with Crippen molar-refractivity contribution < 1.29 is 13.6 Å². The molecule has 1 aliphatic heterocycles. The molecule has 3 rings (SSSR count). The Labute approximate surface area is 133 Å². The number of nitrogens with zero attached hydrogens (tertiary/aromatic N) is 2. The third-order valence-electron chi connectivity index (χ3n) is 4.40. The second-order valence-corrected chi connectivity index (χ2v) is 6.07. The molecule has 0 saturated carbocycles. The van der Waals surface area contributed by atoms with E-state index in [0.717, 1.165) is 44.1 Å². The van der Waals surface area contributed by atoms with Gasteiger partial charge in [-0.2, -0.15) is 0 Å². The van der Waals surface area contributed by atoms with Crippen LogP contribution in [0.3, 0.4) is 0 Å². The molecule has 1 aromatic carbocycles. The molecule has 23 heavy (non-hydrogen) atoms. The quantitative estimate of drug-likeness (QED) is 0.942. The molecule has 0 aliphatic carbocycles. The maximum absolute atomic E-state index is 13.9. The van der Waals surface area contributed by atoms with E-state index in [1.54, 1.807) is 12.3 Å². The first-order valence-electron chi connectivity index (χ1n) is 7.81. The topological polar surface area (TPSA) is 59.2 Å². The molecule has 2 heterocycles. The normalized spacial score (nSPS) is 18.3.